The van der Waals surface area contributed by atoms with Crippen LogP contribution in [-0.4, -0.2) is 24.2 Å². The number of hydrogen-bond donors (Lipinski definition) is 1. The lowest BCUT2D eigenvalue weighted by Gasteiger charge is -2.28. The Morgan fingerprint density at radius 2 is 2.00 bits per heavy atom. The van der Waals surface area contributed by atoms with Gasteiger partial charge in [-0.1, -0.05) is 13.3 Å². The van der Waals surface area contributed by atoms with E-state index in [1.54, 1.807) is 0 Å². The van der Waals surface area contributed by atoms with Crippen LogP contribution in [0.15, 0.2) is 0 Å². The van der Waals surface area contributed by atoms with Gasteiger partial charge in [0.25, 0.3) is 0 Å². The summed E-state index contributed by atoms with van der Waals surface area (Å²) < 4.78 is 5.43. The molecule has 0 radical (unpaired) electrons. The maximum atomic E-state index is 11.8. The highest BCUT2D eigenvalue weighted by atomic mass is 16.5. The van der Waals surface area contributed by atoms with Gasteiger partial charge in [-0.3, -0.25) is 4.79 Å². The van der Waals surface area contributed by atoms with E-state index in [1.807, 2.05) is 6.92 Å². The minimum Gasteiger partial charge on any atom is -0.463 e. The third-order valence-corrected chi connectivity index (χ3v) is 4.05. The van der Waals surface area contributed by atoms with Crippen LogP contribution in [0.25, 0.3) is 0 Å². The lowest BCUT2D eigenvalue weighted by atomic mass is 9.90. The van der Waals surface area contributed by atoms with Gasteiger partial charge in [-0.05, 0) is 44.9 Å². The van der Waals surface area contributed by atoms with Gasteiger partial charge in [0.2, 0.25) is 0 Å². The summed E-state index contributed by atoms with van der Waals surface area (Å²) in [6, 6.07) is 1.33. The van der Waals surface area contributed by atoms with E-state index in [1.165, 1.54) is 12.8 Å². The molecule has 2 aliphatic rings. The van der Waals surface area contributed by atoms with Crippen molar-refractivity contribution in [2.24, 2.45) is 5.92 Å². The van der Waals surface area contributed by atoms with E-state index >= 15 is 0 Å². The molecule has 0 aromatic rings. The summed E-state index contributed by atoms with van der Waals surface area (Å²) in [5, 5.41) is 3.60. The highest BCUT2D eigenvalue weighted by molar-refractivity contribution is 5.69. The number of hydrogen-bond acceptors (Lipinski definition) is 3. The Bertz CT molecular complexity index is 255. The Balaban J connectivity index is 1.71. The van der Waals surface area contributed by atoms with E-state index in [9.17, 15) is 4.79 Å². The van der Waals surface area contributed by atoms with Crippen LogP contribution in [-0.2, 0) is 9.53 Å². The molecule has 98 valence electrons. The van der Waals surface area contributed by atoms with Gasteiger partial charge in [-0.15, -0.1) is 0 Å². The van der Waals surface area contributed by atoms with Gasteiger partial charge in [0.15, 0.2) is 0 Å². The van der Waals surface area contributed by atoms with E-state index < -0.39 is 0 Å². The average molecular weight is 239 g/mol. The number of fused-ring (bicyclic) bond motifs is 2. The molecule has 0 aromatic carbocycles. The lowest BCUT2D eigenvalue weighted by Crippen LogP contribution is -2.38. The summed E-state index contributed by atoms with van der Waals surface area (Å²) in [6.07, 6.45) is 7.68. The molecule has 0 saturated carbocycles. The van der Waals surface area contributed by atoms with E-state index in [0.29, 0.717) is 24.4 Å². The number of nitrogens with one attached hydrogen (secondary N) is 1. The zero-order valence-corrected chi connectivity index (χ0v) is 11.1. The van der Waals surface area contributed by atoms with Gasteiger partial charge in [-0.2, -0.15) is 0 Å². The summed E-state index contributed by atoms with van der Waals surface area (Å²) in [5.74, 6) is 0.562. The largest absolute Gasteiger partial charge is 0.463 e. The van der Waals surface area contributed by atoms with Crippen molar-refractivity contribution in [3.63, 3.8) is 0 Å². The quantitative estimate of drug-likeness (QED) is 0.750. The predicted molar refractivity (Wildman–Crippen MR) is 67.7 cm³/mol. The zero-order chi connectivity index (χ0) is 12.3. The molecule has 1 N–H and O–H groups in total. The molecule has 2 heterocycles. The molecule has 0 spiro atoms. The minimum absolute atomic E-state index is 0.0113. The van der Waals surface area contributed by atoms with Gasteiger partial charge in [0, 0.05) is 18.5 Å². The summed E-state index contributed by atoms with van der Waals surface area (Å²) in [4.78, 5) is 11.8. The Hall–Kier alpha value is -0.570. The van der Waals surface area contributed by atoms with E-state index in [0.717, 1.165) is 25.7 Å². The van der Waals surface area contributed by atoms with Crippen molar-refractivity contribution >= 4 is 5.97 Å². The first-order valence-electron chi connectivity index (χ1n) is 7.13. The Labute approximate surface area is 104 Å². The molecule has 2 bridgehead atoms. The van der Waals surface area contributed by atoms with Crippen LogP contribution < -0.4 is 5.32 Å². The van der Waals surface area contributed by atoms with Crippen LogP contribution in [0.4, 0.5) is 0 Å². The molecule has 17 heavy (non-hydrogen) atoms. The first kappa shape index (κ1) is 12.9. The number of carbonyl (C=O) groups is 1. The third-order valence-electron chi connectivity index (χ3n) is 4.05. The highest BCUT2D eigenvalue weighted by Gasteiger charge is 2.34. The van der Waals surface area contributed by atoms with Gasteiger partial charge in [0.05, 0.1) is 6.10 Å². The highest BCUT2D eigenvalue weighted by Crippen LogP contribution is 2.32. The minimum atomic E-state index is 0.0113. The number of ether oxygens (including phenoxy) is 1. The van der Waals surface area contributed by atoms with Crippen LogP contribution in [0, 0.1) is 5.92 Å². The first-order chi connectivity index (χ1) is 8.17. The van der Waals surface area contributed by atoms with Crippen molar-refractivity contribution in [2.75, 3.05) is 0 Å². The van der Waals surface area contributed by atoms with Crippen LogP contribution in [0.5, 0.6) is 0 Å². The second-order valence-corrected chi connectivity index (χ2v) is 5.77. The SMILES string of the molecule is CCCC(C)OC(=O)CC1CC2CCC(C1)N2. The fraction of sp³-hybridized carbons (Fsp3) is 0.929. The first-order valence-corrected chi connectivity index (χ1v) is 7.13. The number of esters is 1. The van der Waals surface area contributed by atoms with Gasteiger partial charge >= 0.3 is 5.97 Å². The van der Waals surface area contributed by atoms with Crippen molar-refractivity contribution in [3.8, 4) is 0 Å². The molecule has 3 unspecified atom stereocenters. The van der Waals surface area contributed by atoms with Gasteiger partial charge in [-0.25, -0.2) is 0 Å². The van der Waals surface area contributed by atoms with Gasteiger partial charge < -0.3 is 10.1 Å². The fourth-order valence-corrected chi connectivity index (χ4v) is 3.32. The fourth-order valence-electron chi connectivity index (χ4n) is 3.32. The number of rotatable bonds is 5. The second kappa shape index (κ2) is 5.85. The number of piperidine rings is 1. The van der Waals surface area contributed by atoms with E-state index in [-0.39, 0.29) is 12.1 Å². The Kier molecular flexibility index (Phi) is 4.43. The van der Waals surface area contributed by atoms with E-state index in [2.05, 4.69) is 12.2 Å². The summed E-state index contributed by atoms with van der Waals surface area (Å²) in [7, 11) is 0. The topological polar surface area (TPSA) is 38.3 Å². The molecule has 3 heteroatoms. The monoisotopic (exact) mass is 239 g/mol. The molecular weight excluding hydrogens is 214 g/mol. The lowest BCUT2D eigenvalue weighted by molar-refractivity contribution is -0.149. The smallest absolute Gasteiger partial charge is 0.306 e. The molecule has 2 aliphatic heterocycles. The van der Waals surface area contributed by atoms with Crippen molar-refractivity contribution in [1.82, 2.24) is 5.32 Å². The molecule has 0 amide bonds. The van der Waals surface area contributed by atoms with Crippen molar-refractivity contribution in [1.29, 1.82) is 0 Å². The van der Waals surface area contributed by atoms with Crippen LogP contribution in [0.3, 0.4) is 0 Å². The molecule has 2 saturated heterocycles. The molecule has 0 aliphatic carbocycles. The maximum absolute atomic E-state index is 11.8. The Morgan fingerprint density at radius 1 is 1.35 bits per heavy atom. The van der Waals surface area contributed by atoms with Crippen LogP contribution in [0.1, 0.15) is 58.8 Å². The van der Waals surface area contributed by atoms with Crippen molar-refractivity contribution < 1.29 is 9.53 Å². The molecular formula is C14H25NO2. The van der Waals surface area contributed by atoms with E-state index in [4.69, 9.17) is 4.74 Å². The standard InChI is InChI=1S/C14H25NO2/c1-3-4-10(2)17-14(16)9-11-7-12-5-6-13(8-11)15-12/h10-13,15H,3-9H2,1-2H3. The van der Waals surface area contributed by atoms with Crippen LogP contribution >= 0.6 is 0 Å². The predicted octanol–water partition coefficient (Wildman–Crippen LogP) is 2.64. The van der Waals surface area contributed by atoms with Crippen molar-refractivity contribution in [2.45, 2.75) is 77.0 Å². The summed E-state index contributed by atoms with van der Waals surface area (Å²) in [5.41, 5.74) is 0. The molecule has 2 rings (SSSR count). The number of carbonyl (C=O) groups excluding carboxylic acids is 1. The average Bonchev–Trinajstić information content (AvgIpc) is 2.58. The molecule has 0 aromatic heterocycles. The maximum Gasteiger partial charge on any atom is 0.306 e. The molecule has 3 nitrogen and oxygen atoms in total. The third kappa shape index (κ3) is 3.70. The molecule has 2 fully saturated rings. The van der Waals surface area contributed by atoms with Crippen LogP contribution in [0.2, 0.25) is 0 Å². The van der Waals surface area contributed by atoms with Gasteiger partial charge in [0.1, 0.15) is 0 Å². The van der Waals surface area contributed by atoms with Crippen molar-refractivity contribution in [3.05, 3.63) is 0 Å². The second-order valence-electron chi connectivity index (χ2n) is 5.77. The molecule has 3 atom stereocenters. The normalized spacial score (nSPS) is 33.4. The Morgan fingerprint density at radius 3 is 2.59 bits per heavy atom. The summed E-state index contributed by atoms with van der Waals surface area (Å²) in [6.45, 7) is 4.11. The summed E-state index contributed by atoms with van der Waals surface area (Å²) >= 11 is 0. The zero-order valence-electron chi connectivity index (χ0n) is 11.1.